The maximum atomic E-state index is 13.5. The second kappa shape index (κ2) is 8.15. The van der Waals surface area contributed by atoms with Gasteiger partial charge in [-0.15, -0.1) is 0 Å². The van der Waals surface area contributed by atoms with E-state index in [4.69, 9.17) is 0 Å². The summed E-state index contributed by atoms with van der Waals surface area (Å²) in [5.74, 6) is -0.544. The number of nitrogens with one attached hydrogen (secondary N) is 1. The summed E-state index contributed by atoms with van der Waals surface area (Å²) in [6.07, 6.45) is 2.43. The van der Waals surface area contributed by atoms with Crippen LogP contribution in [0.25, 0.3) is 27.7 Å². The van der Waals surface area contributed by atoms with Crippen LogP contribution in [0.3, 0.4) is 0 Å². The van der Waals surface area contributed by atoms with E-state index in [0.717, 1.165) is 33.3 Å². The van der Waals surface area contributed by atoms with Gasteiger partial charge in [-0.2, -0.15) is 0 Å². The maximum absolute atomic E-state index is 13.5. The third-order valence-corrected chi connectivity index (χ3v) is 7.84. The quantitative estimate of drug-likeness (QED) is 0.480. The summed E-state index contributed by atoms with van der Waals surface area (Å²) in [6.45, 7) is 2.04. The molecule has 1 saturated heterocycles. The van der Waals surface area contributed by atoms with Gasteiger partial charge in [0.15, 0.2) is 9.84 Å². The van der Waals surface area contributed by atoms with Crippen molar-refractivity contribution < 1.29 is 17.6 Å². The molecule has 1 atom stereocenters. The molecule has 2 heterocycles. The van der Waals surface area contributed by atoms with Crippen LogP contribution in [0.1, 0.15) is 22.3 Å². The van der Waals surface area contributed by atoms with Gasteiger partial charge in [-0.3, -0.25) is 4.79 Å². The molecule has 1 fully saturated rings. The lowest BCUT2D eigenvalue weighted by molar-refractivity contribution is 0.0941. The van der Waals surface area contributed by atoms with E-state index in [1.807, 2.05) is 42.0 Å². The lowest BCUT2D eigenvalue weighted by Gasteiger charge is -2.12. The van der Waals surface area contributed by atoms with E-state index in [9.17, 15) is 17.6 Å². The van der Waals surface area contributed by atoms with Crippen LogP contribution in [0.5, 0.6) is 0 Å². The smallest absolute Gasteiger partial charge is 0.251 e. The highest BCUT2D eigenvalue weighted by atomic mass is 32.2. The summed E-state index contributed by atoms with van der Waals surface area (Å²) in [4.78, 5) is 12.9. The molecular weight excluding hydrogens is 439 g/mol. The topological polar surface area (TPSA) is 68.2 Å². The Kier molecular flexibility index (Phi) is 5.29. The fourth-order valence-electron chi connectivity index (χ4n) is 4.40. The molecule has 5 rings (SSSR count). The summed E-state index contributed by atoms with van der Waals surface area (Å²) >= 11 is 0. The van der Waals surface area contributed by atoms with Crippen LogP contribution in [0, 0.1) is 12.7 Å². The minimum atomic E-state index is -3.08. The van der Waals surface area contributed by atoms with Crippen molar-refractivity contribution in [3.05, 3.63) is 89.9 Å². The summed E-state index contributed by atoms with van der Waals surface area (Å²) in [5.41, 5.74) is 5.23. The van der Waals surface area contributed by atoms with Crippen LogP contribution in [0.4, 0.5) is 4.39 Å². The maximum Gasteiger partial charge on any atom is 0.251 e. The minimum Gasteiger partial charge on any atom is -0.348 e. The Morgan fingerprint density at radius 1 is 1.06 bits per heavy atom. The Balaban J connectivity index is 1.59. The van der Waals surface area contributed by atoms with Gasteiger partial charge in [0.2, 0.25) is 0 Å². The molecule has 0 bridgehead atoms. The summed E-state index contributed by atoms with van der Waals surface area (Å²) in [7, 11) is -3.08. The number of hydrogen-bond acceptors (Lipinski definition) is 3. The monoisotopic (exact) mass is 462 g/mol. The molecule has 0 saturated carbocycles. The number of benzene rings is 3. The normalized spacial score (nSPS) is 17.3. The number of amides is 1. The molecule has 168 valence electrons. The van der Waals surface area contributed by atoms with Crippen LogP contribution >= 0.6 is 0 Å². The van der Waals surface area contributed by atoms with E-state index in [0.29, 0.717) is 12.0 Å². The molecule has 1 unspecified atom stereocenters. The molecule has 0 spiro atoms. The zero-order chi connectivity index (χ0) is 23.2. The number of carbonyl (C=O) groups excluding carboxylic acids is 1. The first-order chi connectivity index (χ1) is 15.8. The first-order valence-electron chi connectivity index (χ1n) is 10.8. The Hall–Kier alpha value is -3.45. The number of sulfone groups is 1. The van der Waals surface area contributed by atoms with Gasteiger partial charge in [-0.05, 0) is 55.3 Å². The van der Waals surface area contributed by atoms with Crippen molar-refractivity contribution in [2.75, 3.05) is 11.5 Å². The number of nitrogens with zero attached hydrogens (tertiary/aromatic N) is 1. The van der Waals surface area contributed by atoms with Gasteiger partial charge in [-0.25, -0.2) is 12.8 Å². The average molecular weight is 463 g/mol. The SMILES string of the molecule is Cc1cccc(-c2cn(-c3ccc(F)cc3)c3cc(C(=O)NC4CCS(=O)(=O)C4)ccc23)c1. The number of hydrogen-bond donors (Lipinski definition) is 1. The average Bonchev–Trinajstić information content (AvgIpc) is 3.33. The highest BCUT2D eigenvalue weighted by Gasteiger charge is 2.29. The van der Waals surface area contributed by atoms with E-state index in [2.05, 4.69) is 11.4 Å². The van der Waals surface area contributed by atoms with E-state index in [1.54, 1.807) is 24.3 Å². The molecule has 7 heteroatoms. The molecule has 0 aliphatic carbocycles. The number of aryl methyl sites for hydroxylation is 1. The van der Waals surface area contributed by atoms with Gasteiger partial charge < -0.3 is 9.88 Å². The fourth-order valence-corrected chi connectivity index (χ4v) is 6.08. The lowest BCUT2D eigenvalue weighted by Crippen LogP contribution is -2.35. The Morgan fingerprint density at radius 2 is 1.85 bits per heavy atom. The van der Waals surface area contributed by atoms with Crippen LogP contribution in [-0.4, -0.2) is 36.4 Å². The highest BCUT2D eigenvalue weighted by Crippen LogP contribution is 2.34. The Morgan fingerprint density at radius 3 is 2.55 bits per heavy atom. The number of aromatic nitrogens is 1. The van der Waals surface area contributed by atoms with Gasteiger partial charge in [0.25, 0.3) is 5.91 Å². The summed E-state index contributed by atoms with van der Waals surface area (Å²) in [6, 6.07) is 19.5. The first-order valence-corrected chi connectivity index (χ1v) is 12.6. The van der Waals surface area contributed by atoms with Crippen molar-refractivity contribution >= 4 is 26.6 Å². The number of carbonyl (C=O) groups is 1. The molecule has 0 radical (unpaired) electrons. The van der Waals surface area contributed by atoms with Gasteiger partial charge >= 0.3 is 0 Å². The largest absolute Gasteiger partial charge is 0.348 e. The predicted octanol–water partition coefficient (Wildman–Crippen LogP) is 4.66. The van der Waals surface area contributed by atoms with E-state index < -0.39 is 9.84 Å². The third kappa shape index (κ3) is 4.28. The van der Waals surface area contributed by atoms with Crippen molar-refractivity contribution in [1.82, 2.24) is 9.88 Å². The van der Waals surface area contributed by atoms with Gasteiger partial charge in [-0.1, -0.05) is 35.9 Å². The second-order valence-electron chi connectivity index (χ2n) is 8.56. The lowest BCUT2D eigenvalue weighted by atomic mass is 10.0. The van der Waals surface area contributed by atoms with Gasteiger partial charge in [0.1, 0.15) is 5.82 Å². The minimum absolute atomic E-state index is 0.0234. The second-order valence-corrected chi connectivity index (χ2v) is 10.8. The van der Waals surface area contributed by atoms with Gasteiger partial charge in [0, 0.05) is 34.4 Å². The van der Waals surface area contributed by atoms with Crippen LogP contribution in [-0.2, 0) is 9.84 Å². The van der Waals surface area contributed by atoms with Gasteiger partial charge in [0.05, 0.1) is 17.0 Å². The zero-order valence-corrected chi connectivity index (χ0v) is 18.9. The van der Waals surface area contributed by atoms with E-state index in [-0.39, 0.29) is 29.3 Å². The molecule has 1 aromatic heterocycles. The fraction of sp³-hybridized carbons (Fsp3) is 0.192. The molecule has 1 aliphatic heterocycles. The number of halogens is 1. The van der Waals surface area contributed by atoms with Crippen molar-refractivity contribution in [1.29, 1.82) is 0 Å². The molecule has 3 aromatic carbocycles. The Bertz CT molecular complexity index is 1470. The van der Waals surface area contributed by atoms with Crippen molar-refractivity contribution in [3.63, 3.8) is 0 Å². The van der Waals surface area contributed by atoms with Crippen LogP contribution < -0.4 is 5.32 Å². The van der Waals surface area contributed by atoms with E-state index in [1.165, 1.54) is 12.1 Å². The van der Waals surface area contributed by atoms with Crippen molar-refractivity contribution in [2.24, 2.45) is 0 Å². The first kappa shape index (κ1) is 21.4. The van der Waals surface area contributed by atoms with Crippen LogP contribution in [0.15, 0.2) is 72.9 Å². The summed E-state index contributed by atoms with van der Waals surface area (Å²) < 4.78 is 39.0. The Labute approximate surface area is 191 Å². The van der Waals surface area contributed by atoms with Crippen LogP contribution in [0.2, 0.25) is 0 Å². The molecular formula is C26H23FN2O3S. The molecule has 33 heavy (non-hydrogen) atoms. The molecule has 1 aliphatic rings. The number of rotatable bonds is 4. The molecule has 5 nitrogen and oxygen atoms in total. The summed E-state index contributed by atoms with van der Waals surface area (Å²) in [5, 5.41) is 3.81. The molecule has 1 amide bonds. The molecule has 4 aromatic rings. The zero-order valence-electron chi connectivity index (χ0n) is 18.1. The number of fused-ring (bicyclic) bond motifs is 1. The predicted molar refractivity (Wildman–Crippen MR) is 128 cm³/mol. The van der Waals surface area contributed by atoms with Crippen molar-refractivity contribution in [2.45, 2.75) is 19.4 Å². The molecule has 1 N–H and O–H groups in total. The highest BCUT2D eigenvalue weighted by molar-refractivity contribution is 7.91. The van der Waals surface area contributed by atoms with E-state index >= 15 is 0 Å². The standard InChI is InChI=1S/C26H23FN2O3S/c1-17-3-2-4-18(13-17)24-15-29(22-8-6-20(27)7-9-22)25-14-19(5-10-23(24)25)26(30)28-21-11-12-33(31,32)16-21/h2-10,13-15,21H,11-12,16H2,1H3,(H,28,30). The third-order valence-electron chi connectivity index (χ3n) is 6.07. The van der Waals surface area contributed by atoms with Crippen molar-refractivity contribution in [3.8, 4) is 16.8 Å².